The second-order valence-electron chi connectivity index (χ2n) is 7.30. The minimum absolute atomic E-state index is 0.0101. The smallest absolute Gasteiger partial charge is 0.178 e. The summed E-state index contributed by atoms with van der Waals surface area (Å²) >= 11 is 12.4. The summed E-state index contributed by atoms with van der Waals surface area (Å²) in [7, 11) is 0. The molecule has 2 heterocycles. The molecule has 0 N–H and O–H groups in total. The summed E-state index contributed by atoms with van der Waals surface area (Å²) < 4.78 is 1.86. The van der Waals surface area contributed by atoms with Gasteiger partial charge in [-0.3, -0.25) is 4.79 Å². The second-order valence-corrected chi connectivity index (χ2v) is 8.15. The number of carbonyl (C=O) groups is 1. The molecule has 2 unspecified atom stereocenters. The highest BCUT2D eigenvalue weighted by atomic mass is 35.5. The van der Waals surface area contributed by atoms with E-state index in [1.54, 1.807) is 12.3 Å². The van der Waals surface area contributed by atoms with Gasteiger partial charge in [0.05, 0.1) is 23.6 Å². The van der Waals surface area contributed by atoms with E-state index < -0.39 is 0 Å². The average Bonchev–Trinajstić information content (AvgIpc) is 2.99. The van der Waals surface area contributed by atoms with Crippen LogP contribution in [-0.2, 0) is 4.79 Å². The lowest BCUT2D eigenvalue weighted by Gasteiger charge is -2.18. The highest BCUT2D eigenvalue weighted by Gasteiger charge is 2.23. The van der Waals surface area contributed by atoms with Crippen molar-refractivity contribution in [2.75, 3.05) is 0 Å². The third kappa shape index (κ3) is 3.33. The molecule has 144 valence electrons. The van der Waals surface area contributed by atoms with Crippen LogP contribution in [0, 0.1) is 12.8 Å². The quantitative estimate of drug-likeness (QED) is 0.572. The number of aromatic nitrogens is 4. The van der Waals surface area contributed by atoms with Crippen molar-refractivity contribution >= 4 is 45.7 Å². The number of Topliss-reactive ketones (excluding diaryl/α,β-unsaturated/α-hetero) is 1. The van der Waals surface area contributed by atoms with Crippen molar-refractivity contribution in [3.8, 4) is 0 Å². The molecule has 0 saturated heterocycles. The first-order chi connectivity index (χ1) is 13.3. The van der Waals surface area contributed by atoms with Crippen LogP contribution in [0.15, 0.2) is 30.5 Å². The van der Waals surface area contributed by atoms with Gasteiger partial charge in [-0.1, -0.05) is 42.3 Å². The molecule has 7 heteroatoms. The van der Waals surface area contributed by atoms with E-state index in [2.05, 4.69) is 10.1 Å². The van der Waals surface area contributed by atoms with Crippen molar-refractivity contribution in [2.45, 2.75) is 39.7 Å². The summed E-state index contributed by atoms with van der Waals surface area (Å²) in [5.74, 6) is 0.278. The molecule has 28 heavy (non-hydrogen) atoms. The molecular formula is C21H20Cl2N4O. The number of hydrogen-bond donors (Lipinski definition) is 0. The van der Waals surface area contributed by atoms with Crippen molar-refractivity contribution in [3.63, 3.8) is 0 Å². The summed E-state index contributed by atoms with van der Waals surface area (Å²) in [6, 6.07) is 5.33. The highest BCUT2D eigenvalue weighted by Crippen LogP contribution is 2.32. The molecule has 0 spiro atoms. The predicted octanol–water partition coefficient (Wildman–Crippen LogP) is 5.43. The Balaban J connectivity index is 1.80. The fourth-order valence-electron chi connectivity index (χ4n) is 3.61. The van der Waals surface area contributed by atoms with Gasteiger partial charge in [0.2, 0.25) is 0 Å². The monoisotopic (exact) mass is 414 g/mol. The van der Waals surface area contributed by atoms with E-state index in [1.807, 2.05) is 43.7 Å². The van der Waals surface area contributed by atoms with Gasteiger partial charge in [-0.25, -0.2) is 14.6 Å². The zero-order valence-electron chi connectivity index (χ0n) is 15.9. The van der Waals surface area contributed by atoms with E-state index >= 15 is 0 Å². The number of ketones is 1. The van der Waals surface area contributed by atoms with E-state index in [4.69, 9.17) is 28.2 Å². The van der Waals surface area contributed by atoms with Crippen molar-refractivity contribution in [1.29, 1.82) is 0 Å². The molecule has 1 aliphatic rings. The Kier molecular flexibility index (Phi) is 4.98. The Hall–Kier alpha value is -2.24. The lowest BCUT2D eigenvalue weighted by Crippen LogP contribution is -2.15. The number of nitrogens with zero attached hydrogens (tertiary/aromatic N) is 4. The lowest BCUT2D eigenvalue weighted by molar-refractivity contribution is -0.121. The fourth-order valence-corrected chi connectivity index (χ4v) is 4.17. The first-order valence-electron chi connectivity index (χ1n) is 9.24. The zero-order valence-corrected chi connectivity index (χ0v) is 17.4. The molecular weight excluding hydrogens is 395 g/mol. The van der Waals surface area contributed by atoms with Crippen LogP contribution in [0.4, 0.5) is 0 Å². The van der Waals surface area contributed by atoms with Crippen molar-refractivity contribution in [2.24, 2.45) is 5.92 Å². The van der Waals surface area contributed by atoms with Crippen LogP contribution in [0.2, 0.25) is 10.0 Å². The third-order valence-electron chi connectivity index (χ3n) is 5.31. The van der Waals surface area contributed by atoms with Gasteiger partial charge >= 0.3 is 0 Å². The average molecular weight is 415 g/mol. The Morgan fingerprint density at radius 2 is 2.07 bits per heavy atom. The third-order valence-corrected chi connectivity index (χ3v) is 5.87. The maximum Gasteiger partial charge on any atom is 0.178 e. The number of halogens is 2. The predicted molar refractivity (Wildman–Crippen MR) is 112 cm³/mol. The number of benzene rings is 1. The summed E-state index contributed by atoms with van der Waals surface area (Å²) in [6.07, 6.45) is 4.87. The topological polar surface area (TPSA) is 60.7 Å². The molecule has 0 aliphatic heterocycles. The maximum absolute atomic E-state index is 11.8. The van der Waals surface area contributed by atoms with Gasteiger partial charge in [-0.2, -0.15) is 5.10 Å². The van der Waals surface area contributed by atoms with Gasteiger partial charge in [0.15, 0.2) is 5.65 Å². The van der Waals surface area contributed by atoms with E-state index in [9.17, 15) is 4.79 Å². The molecule has 4 rings (SSSR count). The largest absolute Gasteiger partial charge is 0.299 e. The summed E-state index contributed by atoms with van der Waals surface area (Å²) in [4.78, 5) is 21.3. The number of fused-ring (bicyclic) bond motifs is 1. The van der Waals surface area contributed by atoms with Crippen molar-refractivity contribution in [3.05, 3.63) is 57.5 Å². The first-order valence-corrected chi connectivity index (χ1v) is 9.99. The van der Waals surface area contributed by atoms with Crippen LogP contribution >= 0.6 is 23.2 Å². The number of aryl methyl sites for hydroxylation is 1. The summed E-state index contributed by atoms with van der Waals surface area (Å²) in [6.45, 7) is 5.90. The van der Waals surface area contributed by atoms with E-state index in [0.29, 0.717) is 28.5 Å². The number of hydrogen-bond acceptors (Lipinski definition) is 4. The van der Waals surface area contributed by atoms with E-state index in [0.717, 1.165) is 28.0 Å². The Morgan fingerprint density at radius 3 is 2.79 bits per heavy atom. The lowest BCUT2D eigenvalue weighted by atomic mass is 9.88. The number of allylic oxidation sites excluding steroid dienone is 2. The molecule has 2 aromatic heterocycles. The minimum atomic E-state index is -0.133. The van der Waals surface area contributed by atoms with Crippen molar-refractivity contribution in [1.82, 2.24) is 19.7 Å². The highest BCUT2D eigenvalue weighted by molar-refractivity contribution is 6.35. The molecule has 1 aliphatic carbocycles. The van der Waals surface area contributed by atoms with Gasteiger partial charge in [0, 0.05) is 22.4 Å². The second kappa shape index (κ2) is 7.30. The van der Waals surface area contributed by atoms with Gasteiger partial charge in [0.1, 0.15) is 11.3 Å². The summed E-state index contributed by atoms with van der Waals surface area (Å²) in [5.41, 5.74) is 5.05. The molecule has 1 aromatic carbocycles. The van der Waals surface area contributed by atoms with Crippen LogP contribution in [0.3, 0.4) is 0 Å². The van der Waals surface area contributed by atoms with Gasteiger partial charge in [-0.05, 0) is 43.5 Å². The van der Waals surface area contributed by atoms with Crippen LogP contribution in [-0.4, -0.2) is 25.5 Å². The molecule has 2 atom stereocenters. The number of rotatable bonds is 3. The van der Waals surface area contributed by atoms with Crippen LogP contribution in [0.25, 0.3) is 16.7 Å². The first kappa shape index (κ1) is 19.1. The standard InChI is InChI=1S/C21H20Cl2N4O/c1-11-8-14(4-7-19(11)28)18-10-24-20-12(2)26-27(21(20)25-18)13(3)16-6-5-15(22)9-17(16)23/h4-6,9-11,13H,7-8H2,1-3H3. The van der Waals surface area contributed by atoms with Crippen LogP contribution < -0.4 is 0 Å². The van der Waals surface area contributed by atoms with E-state index in [-0.39, 0.29) is 17.7 Å². The molecule has 5 nitrogen and oxygen atoms in total. The molecule has 0 bridgehead atoms. The van der Waals surface area contributed by atoms with Gasteiger partial charge < -0.3 is 0 Å². The molecule has 0 saturated carbocycles. The maximum atomic E-state index is 11.8. The van der Waals surface area contributed by atoms with Crippen molar-refractivity contribution < 1.29 is 4.79 Å². The Morgan fingerprint density at radius 1 is 1.29 bits per heavy atom. The van der Waals surface area contributed by atoms with Crippen LogP contribution in [0.1, 0.15) is 49.7 Å². The van der Waals surface area contributed by atoms with Crippen LogP contribution in [0.5, 0.6) is 0 Å². The number of carbonyl (C=O) groups excluding carboxylic acids is 1. The SMILES string of the molecule is Cc1nn(C(C)c2ccc(Cl)cc2Cl)c2nc(C3=CCC(=O)C(C)C3)cnc12. The molecule has 3 aromatic rings. The Labute approximate surface area is 173 Å². The van der Waals surface area contributed by atoms with Gasteiger partial charge in [0.25, 0.3) is 0 Å². The normalized spacial score (nSPS) is 18.4. The van der Waals surface area contributed by atoms with Gasteiger partial charge in [-0.15, -0.1) is 0 Å². The fraction of sp³-hybridized carbons (Fsp3) is 0.333. The van der Waals surface area contributed by atoms with E-state index in [1.165, 1.54) is 0 Å². The molecule has 0 radical (unpaired) electrons. The minimum Gasteiger partial charge on any atom is -0.299 e. The molecule has 0 fully saturated rings. The Bertz CT molecular complexity index is 1120. The molecule has 0 amide bonds. The zero-order chi connectivity index (χ0) is 20.0. The summed E-state index contributed by atoms with van der Waals surface area (Å²) in [5, 5.41) is 5.85.